The minimum absolute atomic E-state index is 0.613. The van der Waals surface area contributed by atoms with Gasteiger partial charge in [-0.1, -0.05) is 36.4 Å². The van der Waals surface area contributed by atoms with Crippen LogP contribution in [0.25, 0.3) is 5.69 Å². The number of benzene rings is 2. The molecule has 0 amide bonds. The van der Waals surface area contributed by atoms with E-state index in [1.54, 1.807) is 11.0 Å². The minimum atomic E-state index is 0.613. The number of aromatic nitrogens is 3. The summed E-state index contributed by atoms with van der Waals surface area (Å²) in [7, 11) is 0. The molecule has 0 aliphatic carbocycles. The topological polar surface area (TPSA) is 70.4 Å². The summed E-state index contributed by atoms with van der Waals surface area (Å²) in [4.78, 5) is 11.2. The van der Waals surface area contributed by atoms with Gasteiger partial charge >= 0.3 is 0 Å². The van der Waals surface area contributed by atoms with E-state index in [-0.39, 0.29) is 0 Å². The van der Waals surface area contributed by atoms with Crippen LogP contribution in [0.3, 0.4) is 0 Å². The van der Waals surface area contributed by atoms with E-state index in [0.717, 1.165) is 36.8 Å². The number of guanidine groups is 1. The number of nitrogens with zero attached hydrogens (tertiary/aromatic N) is 5. The molecule has 0 bridgehead atoms. The van der Waals surface area contributed by atoms with Crippen molar-refractivity contribution in [3.8, 4) is 5.69 Å². The van der Waals surface area contributed by atoms with Crippen molar-refractivity contribution in [3.63, 3.8) is 0 Å². The van der Waals surface area contributed by atoms with Gasteiger partial charge in [-0.2, -0.15) is 5.10 Å². The molecule has 162 valence electrons. The predicted octanol–water partition coefficient (Wildman–Crippen LogP) is 3.12. The molecular weight excluding hydrogens is 386 g/mol. The first-order valence-electron chi connectivity index (χ1n) is 11.1. The highest BCUT2D eigenvalue weighted by atomic mass is 15.3. The molecule has 0 saturated carbocycles. The van der Waals surface area contributed by atoms with Gasteiger partial charge in [0.1, 0.15) is 12.7 Å². The Morgan fingerprint density at radius 2 is 1.65 bits per heavy atom. The maximum atomic E-state index is 4.73. The lowest BCUT2D eigenvalue weighted by Crippen LogP contribution is -2.36. The predicted molar refractivity (Wildman–Crippen MR) is 124 cm³/mol. The van der Waals surface area contributed by atoms with Crippen LogP contribution in [-0.2, 0) is 19.6 Å². The van der Waals surface area contributed by atoms with Gasteiger partial charge in [0.15, 0.2) is 5.96 Å². The van der Waals surface area contributed by atoms with Gasteiger partial charge in [-0.05, 0) is 61.7 Å². The highest BCUT2D eigenvalue weighted by molar-refractivity contribution is 5.79. The fourth-order valence-electron chi connectivity index (χ4n) is 3.75. The van der Waals surface area contributed by atoms with Gasteiger partial charge in [0.2, 0.25) is 0 Å². The Kier molecular flexibility index (Phi) is 7.28. The molecule has 0 spiro atoms. The van der Waals surface area contributed by atoms with Crippen LogP contribution in [0.1, 0.15) is 36.5 Å². The summed E-state index contributed by atoms with van der Waals surface area (Å²) in [5, 5.41) is 10.9. The molecule has 7 heteroatoms. The van der Waals surface area contributed by atoms with Crippen LogP contribution in [0.2, 0.25) is 0 Å². The smallest absolute Gasteiger partial charge is 0.191 e. The van der Waals surface area contributed by atoms with Crippen LogP contribution in [0, 0.1) is 0 Å². The summed E-state index contributed by atoms with van der Waals surface area (Å²) < 4.78 is 1.75. The van der Waals surface area contributed by atoms with Crippen LogP contribution in [0.15, 0.2) is 66.2 Å². The first-order valence-corrected chi connectivity index (χ1v) is 11.1. The zero-order valence-corrected chi connectivity index (χ0v) is 18.2. The third-order valence-corrected chi connectivity index (χ3v) is 5.47. The number of likely N-dealkylation sites (tertiary alicyclic amines) is 1. The Hall–Kier alpha value is -3.19. The zero-order chi connectivity index (χ0) is 21.3. The number of hydrogen-bond acceptors (Lipinski definition) is 4. The average Bonchev–Trinajstić information content (AvgIpc) is 3.52. The molecule has 31 heavy (non-hydrogen) atoms. The lowest BCUT2D eigenvalue weighted by atomic mass is 10.1. The SMILES string of the molecule is CCNC(=NCc1ccc(-n2cncn2)cc1)NCc1ccc(CN2CCCC2)cc1. The van der Waals surface area contributed by atoms with Gasteiger partial charge in [0, 0.05) is 19.6 Å². The zero-order valence-electron chi connectivity index (χ0n) is 18.2. The number of hydrogen-bond donors (Lipinski definition) is 2. The first kappa shape index (κ1) is 21.1. The number of nitrogens with one attached hydrogen (secondary N) is 2. The van der Waals surface area contributed by atoms with Gasteiger partial charge in [0.25, 0.3) is 0 Å². The molecule has 0 radical (unpaired) electrons. The third-order valence-electron chi connectivity index (χ3n) is 5.47. The molecule has 2 N–H and O–H groups in total. The lowest BCUT2D eigenvalue weighted by Gasteiger charge is -2.15. The van der Waals surface area contributed by atoms with Gasteiger partial charge in [0.05, 0.1) is 12.2 Å². The average molecular weight is 418 g/mol. The maximum Gasteiger partial charge on any atom is 0.191 e. The van der Waals surface area contributed by atoms with Crippen molar-refractivity contribution < 1.29 is 0 Å². The minimum Gasteiger partial charge on any atom is -0.357 e. The monoisotopic (exact) mass is 417 g/mol. The summed E-state index contributed by atoms with van der Waals surface area (Å²) in [5.74, 6) is 0.823. The molecule has 2 aromatic carbocycles. The Balaban J connectivity index is 1.30. The van der Waals surface area contributed by atoms with Crippen molar-refractivity contribution in [2.75, 3.05) is 19.6 Å². The van der Waals surface area contributed by atoms with E-state index < -0.39 is 0 Å². The van der Waals surface area contributed by atoms with E-state index in [0.29, 0.717) is 6.54 Å². The normalized spacial score (nSPS) is 14.7. The van der Waals surface area contributed by atoms with Crippen molar-refractivity contribution in [2.45, 2.75) is 39.4 Å². The fourth-order valence-corrected chi connectivity index (χ4v) is 3.75. The molecule has 1 aliphatic rings. The van der Waals surface area contributed by atoms with Crippen LogP contribution < -0.4 is 10.6 Å². The number of aliphatic imine (C=N–C) groups is 1. The van der Waals surface area contributed by atoms with Crippen molar-refractivity contribution in [1.82, 2.24) is 30.3 Å². The van der Waals surface area contributed by atoms with Crippen molar-refractivity contribution in [1.29, 1.82) is 0 Å². The standard InChI is InChI=1S/C24H31N7/c1-2-26-24(28-16-21-9-11-23(12-10-21)31-19-25-18-29-31)27-15-20-5-7-22(8-6-20)17-30-13-3-4-14-30/h5-12,18-19H,2-4,13-17H2,1H3,(H2,26,27,28). The largest absolute Gasteiger partial charge is 0.357 e. The quantitative estimate of drug-likeness (QED) is 0.435. The molecule has 0 atom stereocenters. The molecule has 1 aliphatic heterocycles. The summed E-state index contributed by atoms with van der Waals surface area (Å²) in [6.45, 7) is 7.80. The van der Waals surface area contributed by atoms with E-state index >= 15 is 0 Å². The second-order valence-electron chi connectivity index (χ2n) is 7.85. The van der Waals surface area contributed by atoms with Gasteiger partial charge in [-0.3, -0.25) is 4.90 Å². The molecule has 1 saturated heterocycles. The molecule has 1 fully saturated rings. The third kappa shape index (κ3) is 6.15. The lowest BCUT2D eigenvalue weighted by molar-refractivity contribution is 0.331. The molecular formula is C24H31N7. The molecule has 1 aromatic heterocycles. The molecule has 4 rings (SSSR count). The first-order chi connectivity index (χ1) is 15.3. The van der Waals surface area contributed by atoms with E-state index in [1.807, 2.05) is 12.1 Å². The molecule has 0 unspecified atom stereocenters. The Morgan fingerprint density at radius 1 is 0.935 bits per heavy atom. The van der Waals surface area contributed by atoms with E-state index in [4.69, 9.17) is 4.99 Å². The fraction of sp³-hybridized carbons (Fsp3) is 0.375. The van der Waals surface area contributed by atoms with Gasteiger partial charge in [-0.25, -0.2) is 14.7 Å². The van der Waals surface area contributed by atoms with Crippen LogP contribution >= 0.6 is 0 Å². The van der Waals surface area contributed by atoms with E-state index in [9.17, 15) is 0 Å². The molecule has 7 nitrogen and oxygen atoms in total. The van der Waals surface area contributed by atoms with Crippen LogP contribution in [0.4, 0.5) is 0 Å². The van der Waals surface area contributed by atoms with Crippen molar-refractivity contribution in [2.24, 2.45) is 4.99 Å². The highest BCUT2D eigenvalue weighted by Gasteiger charge is 2.11. The number of rotatable bonds is 8. The molecule has 3 aromatic rings. The Labute approximate surface area is 184 Å². The van der Waals surface area contributed by atoms with Crippen LogP contribution in [0.5, 0.6) is 0 Å². The second kappa shape index (κ2) is 10.7. The van der Waals surface area contributed by atoms with Crippen LogP contribution in [-0.4, -0.2) is 45.3 Å². The summed E-state index contributed by atoms with van der Waals surface area (Å²) in [6, 6.07) is 17.1. The Morgan fingerprint density at radius 3 is 2.32 bits per heavy atom. The highest BCUT2D eigenvalue weighted by Crippen LogP contribution is 2.13. The summed E-state index contributed by atoms with van der Waals surface area (Å²) in [6.07, 6.45) is 5.90. The molecule has 2 heterocycles. The Bertz CT molecular complexity index is 941. The van der Waals surface area contributed by atoms with Gasteiger partial charge in [-0.15, -0.1) is 0 Å². The van der Waals surface area contributed by atoms with E-state index in [2.05, 4.69) is 68.9 Å². The maximum absolute atomic E-state index is 4.73. The van der Waals surface area contributed by atoms with Crippen molar-refractivity contribution >= 4 is 5.96 Å². The summed E-state index contributed by atoms with van der Waals surface area (Å²) >= 11 is 0. The van der Waals surface area contributed by atoms with Gasteiger partial charge < -0.3 is 10.6 Å². The van der Waals surface area contributed by atoms with E-state index in [1.165, 1.54) is 43.4 Å². The van der Waals surface area contributed by atoms with Crippen molar-refractivity contribution in [3.05, 3.63) is 77.9 Å². The summed E-state index contributed by atoms with van der Waals surface area (Å²) in [5.41, 5.74) is 4.78. The second-order valence-corrected chi connectivity index (χ2v) is 7.85.